The SMILES string of the molecule is CCC1=C[NH+]=C2C(C(=O)N(C)C(=O)N2C)C1=NCC(C)O. The van der Waals surface area contributed by atoms with Gasteiger partial charge in [0.1, 0.15) is 0 Å². The van der Waals surface area contributed by atoms with Crippen molar-refractivity contribution in [2.75, 3.05) is 20.6 Å². The van der Waals surface area contributed by atoms with Crippen molar-refractivity contribution in [3.8, 4) is 0 Å². The molecule has 0 saturated carbocycles. The fourth-order valence-corrected chi connectivity index (χ4v) is 2.48. The van der Waals surface area contributed by atoms with E-state index in [2.05, 4.69) is 9.98 Å². The summed E-state index contributed by atoms with van der Waals surface area (Å²) in [5, 5.41) is 9.44. The molecule has 3 amide bonds. The van der Waals surface area contributed by atoms with Crippen molar-refractivity contribution in [1.82, 2.24) is 9.80 Å². The Morgan fingerprint density at radius 2 is 2.05 bits per heavy atom. The van der Waals surface area contributed by atoms with E-state index in [-0.39, 0.29) is 18.5 Å². The lowest BCUT2D eigenvalue weighted by Crippen LogP contribution is -2.80. The molecule has 1 fully saturated rings. The molecule has 0 spiro atoms. The molecule has 2 N–H and O–H groups in total. The third-order valence-corrected chi connectivity index (χ3v) is 3.69. The second kappa shape index (κ2) is 5.77. The maximum absolute atomic E-state index is 12.5. The van der Waals surface area contributed by atoms with E-state index in [1.165, 1.54) is 11.9 Å². The number of aliphatic hydroxyl groups is 1. The Morgan fingerprint density at radius 1 is 1.38 bits per heavy atom. The summed E-state index contributed by atoms with van der Waals surface area (Å²) in [7, 11) is 3.09. The number of carbonyl (C=O) groups excluding carboxylic acids is 2. The van der Waals surface area contributed by atoms with Crippen molar-refractivity contribution in [2.45, 2.75) is 26.4 Å². The van der Waals surface area contributed by atoms with Crippen LogP contribution in [0.4, 0.5) is 4.79 Å². The Morgan fingerprint density at radius 3 is 2.62 bits per heavy atom. The molecule has 1 saturated heterocycles. The second-order valence-corrected chi connectivity index (χ2v) is 5.30. The zero-order valence-electron chi connectivity index (χ0n) is 12.8. The summed E-state index contributed by atoms with van der Waals surface area (Å²) in [4.78, 5) is 34.4. The van der Waals surface area contributed by atoms with E-state index < -0.39 is 12.0 Å². The summed E-state index contributed by atoms with van der Waals surface area (Å²) < 4.78 is 0. The number of rotatable bonds is 3. The van der Waals surface area contributed by atoms with Crippen LogP contribution in [0.1, 0.15) is 20.3 Å². The fraction of sp³-hybridized carbons (Fsp3) is 0.571. The molecule has 2 atom stereocenters. The summed E-state index contributed by atoms with van der Waals surface area (Å²) in [6, 6.07) is -0.373. The quantitative estimate of drug-likeness (QED) is 0.680. The summed E-state index contributed by atoms with van der Waals surface area (Å²) >= 11 is 0. The number of hydrogen-bond acceptors (Lipinski definition) is 4. The third kappa shape index (κ3) is 2.61. The van der Waals surface area contributed by atoms with Crippen LogP contribution in [0.25, 0.3) is 0 Å². The minimum atomic E-state index is -0.614. The van der Waals surface area contributed by atoms with Crippen LogP contribution in [-0.4, -0.2) is 65.1 Å². The van der Waals surface area contributed by atoms with Gasteiger partial charge in [0.15, 0.2) is 5.92 Å². The van der Waals surface area contributed by atoms with Crippen molar-refractivity contribution < 1.29 is 19.7 Å². The number of nitrogens with one attached hydrogen (secondary N) is 1. The van der Waals surface area contributed by atoms with Crippen LogP contribution in [0.2, 0.25) is 0 Å². The van der Waals surface area contributed by atoms with Gasteiger partial charge in [0.2, 0.25) is 0 Å². The average molecular weight is 293 g/mol. The van der Waals surface area contributed by atoms with Crippen molar-refractivity contribution in [1.29, 1.82) is 0 Å². The summed E-state index contributed by atoms with van der Waals surface area (Å²) in [5.74, 6) is -0.398. The molecule has 21 heavy (non-hydrogen) atoms. The smallest absolute Gasteiger partial charge is 0.391 e. The lowest BCUT2D eigenvalue weighted by Gasteiger charge is -2.32. The number of amides is 3. The van der Waals surface area contributed by atoms with E-state index in [1.54, 1.807) is 20.2 Å². The van der Waals surface area contributed by atoms with Crippen molar-refractivity contribution in [3.63, 3.8) is 0 Å². The van der Waals surface area contributed by atoms with Crippen molar-refractivity contribution >= 4 is 23.5 Å². The number of carbonyl (C=O) groups is 2. The van der Waals surface area contributed by atoms with E-state index in [4.69, 9.17) is 0 Å². The molecule has 0 aromatic carbocycles. The van der Waals surface area contributed by atoms with Crippen LogP contribution < -0.4 is 4.99 Å². The molecule has 2 aliphatic rings. The van der Waals surface area contributed by atoms with Gasteiger partial charge in [-0.2, -0.15) is 4.90 Å². The number of aliphatic imine (C=N–C) groups is 1. The highest BCUT2D eigenvalue weighted by Gasteiger charge is 2.50. The zero-order chi connectivity index (χ0) is 15.7. The first kappa shape index (κ1) is 15.4. The highest BCUT2D eigenvalue weighted by Crippen LogP contribution is 2.22. The van der Waals surface area contributed by atoms with Crippen LogP contribution in [0.5, 0.6) is 0 Å². The molecule has 0 aliphatic carbocycles. The van der Waals surface area contributed by atoms with Crippen LogP contribution in [0, 0.1) is 5.92 Å². The van der Waals surface area contributed by atoms with Crippen LogP contribution in [0.3, 0.4) is 0 Å². The standard InChI is InChI=1S/C14H20N4O3/c1-5-9-7-16-12-10(11(9)15-6-8(2)19)13(20)18(4)14(21)17(12)3/h7-8,10,19H,5-6H2,1-4H3/p+1. The lowest BCUT2D eigenvalue weighted by atomic mass is 9.89. The van der Waals surface area contributed by atoms with Gasteiger partial charge in [0, 0.05) is 12.6 Å². The molecule has 7 nitrogen and oxygen atoms in total. The molecular formula is C14H21N4O3+. The molecule has 2 aliphatic heterocycles. The van der Waals surface area contributed by atoms with Crippen LogP contribution >= 0.6 is 0 Å². The number of fused-ring (bicyclic) bond motifs is 1. The molecule has 0 bridgehead atoms. The predicted molar refractivity (Wildman–Crippen MR) is 77.7 cm³/mol. The molecule has 2 heterocycles. The number of imide groups is 1. The molecular weight excluding hydrogens is 272 g/mol. The average Bonchev–Trinajstić information content (AvgIpc) is 2.47. The molecule has 2 unspecified atom stereocenters. The summed E-state index contributed by atoms with van der Waals surface area (Å²) in [5.41, 5.74) is 1.54. The number of nitrogens with zero attached hydrogens (tertiary/aromatic N) is 3. The summed E-state index contributed by atoms with van der Waals surface area (Å²) in [6.45, 7) is 3.85. The van der Waals surface area contributed by atoms with Gasteiger partial charge in [-0.25, -0.2) is 14.7 Å². The zero-order valence-corrected chi connectivity index (χ0v) is 12.8. The molecule has 0 radical (unpaired) electrons. The topological polar surface area (TPSA) is 87.2 Å². The van der Waals surface area contributed by atoms with E-state index in [9.17, 15) is 14.7 Å². The first-order valence-electron chi connectivity index (χ1n) is 6.98. The Hall–Kier alpha value is -2.02. The molecule has 114 valence electrons. The maximum atomic E-state index is 12.5. The predicted octanol–water partition coefficient (Wildman–Crippen LogP) is -1.27. The van der Waals surface area contributed by atoms with E-state index in [0.29, 0.717) is 18.0 Å². The number of amidine groups is 1. The number of aliphatic hydroxyl groups excluding tert-OH is 1. The van der Waals surface area contributed by atoms with Gasteiger partial charge in [-0.1, -0.05) is 6.92 Å². The Bertz CT molecular complexity index is 563. The van der Waals surface area contributed by atoms with Crippen molar-refractivity contribution in [3.05, 3.63) is 11.8 Å². The highest BCUT2D eigenvalue weighted by molar-refractivity contribution is 6.31. The lowest BCUT2D eigenvalue weighted by molar-refractivity contribution is -0.383. The number of hydrogen-bond donors (Lipinski definition) is 2. The van der Waals surface area contributed by atoms with Crippen molar-refractivity contribution in [2.24, 2.45) is 10.9 Å². The molecule has 7 heteroatoms. The van der Waals surface area contributed by atoms with Gasteiger partial charge < -0.3 is 5.11 Å². The number of allylic oxidation sites excluding steroid dienone is 1. The van der Waals surface area contributed by atoms with Gasteiger partial charge >= 0.3 is 6.03 Å². The Labute approximate surface area is 123 Å². The highest BCUT2D eigenvalue weighted by atomic mass is 16.3. The monoisotopic (exact) mass is 293 g/mol. The second-order valence-electron chi connectivity index (χ2n) is 5.30. The van der Waals surface area contributed by atoms with Gasteiger partial charge in [0.25, 0.3) is 11.7 Å². The third-order valence-electron chi connectivity index (χ3n) is 3.69. The molecule has 0 aromatic rings. The van der Waals surface area contributed by atoms with Gasteiger partial charge in [-0.3, -0.25) is 9.79 Å². The van der Waals surface area contributed by atoms with E-state index in [1.807, 2.05) is 6.92 Å². The Kier molecular flexibility index (Phi) is 4.22. The molecule has 0 aromatic heterocycles. The minimum absolute atomic E-state index is 0.227. The maximum Gasteiger partial charge on any atom is 0.417 e. The van der Waals surface area contributed by atoms with Gasteiger partial charge in [-0.15, -0.1) is 0 Å². The van der Waals surface area contributed by atoms with Crippen LogP contribution in [-0.2, 0) is 4.79 Å². The minimum Gasteiger partial charge on any atom is -0.391 e. The van der Waals surface area contributed by atoms with Gasteiger partial charge in [0.05, 0.1) is 31.6 Å². The fourth-order valence-electron chi connectivity index (χ4n) is 2.48. The largest absolute Gasteiger partial charge is 0.417 e. The normalized spacial score (nSPS) is 25.8. The first-order chi connectivity index (χ1) is 9.88. The summed E-state index contributed by atoms with van der Waals surface area (Å²) in [6.07, 6.45) is 1.91. The first-order valence-corrected chi connectivity index (χ1v) is 6.98. The van der Waals surface area contributed by atoms with E-state index in [0.717, 1.165) is 10.5 Å². The number of urea groups is 1. The van der Waals surface area contributed by atoms with Gasteiger partial charge in [-0.05, 0) is 13.3 Å². The Balaban J connectivity index is 2.49. The van der Waals surface area contributed by atoms with Crippen LogP contribution in [0.15, 0.2) is 16.8 Å². The molecule has 2 rings (SSSR count). The van der Waals surface area contributed by atoms with E-state index >= 15 is 0 Å².